The van der Waals surface area contributed by atoms with E-state index >= 15 is 0 Å². The van der Waals surface area contributed by atoms with E-state index in [1.807, 2.05) is 67.4 Å². The highest BCUT2D eigenvalue weighted by atomic mass is 19.4. The number of carboxylic acids is 1. The Bertz CT molecular complexity index is 1960. The third-order valence-electron chi connectivity index (χ3n) is 7.37. The number of alkyl halides is 3. The number of benzene rings is 2. The molecule has 0 radical (unpaired) electrons. The third-order valence-corrected chi connectivity index (χ3v) is 7.37. The predicted molar refractivity (Wildman–Crippen MR) is 168 cm³/mol. The van der Waals surface area contributed by atoms with Crippen molar-refractivity contribution in [3.63, 3.8) is 0 Å². The van der Waals surface area contributed by atoms with Crippen LogP contribution in [0.4, 0.5) is 30.5 Å². The summed E-state index contributed by atoms with van der Waals surface area (Å²) in [5.41, 5.74) is 4.94. The average Bonchev–Trinajstić information content (AvgIpc) is 3.41. The number of fused-ring (bicyclic) bond motifs is 2. The number of halogens is 3. The van der Waals surface area contributed by atoms with Gasteiger partial charge in [0.05, 0.1) is 11.0 Å². The van der Waals surface area contributed by atoms with Crippen LogP contribution in [0.15, 0.2) is 67.5 Å². The van der Waals surface area contributed by atoms with Crippen LogP contribution in [-0.4, -0.2) is 83.7 Å². The highest BCUT2D eigenvalue weighted by molar-refractivity contribution is 5.89. The number of rotatable bonds is 6. The molecule has 244 valence electrons. The molecule has 5 aromatic rings. The number of aryl methyl sites for hydroxylation is 2. The predicted octanol–water partition coefficient (Wildman–Crippen LogP) is 5.01. The van der Waals surface area contributed by atoms with Gasteiger partial charge in [0.2, 0.25) is 5.91 Å². The van der Waals surface area contributed by atoms with Crippen LogP contribution in [0.5, 0.6) is 11.5 Å². The number of carboxylic acid groups (broad SMARTS) is 1. The van der Waals surface area contributed by atoms with Crippen molar-refractivity contribution in [1.29, 1.82) is 0 Å². The van der Waals surface area contributed by atoms with Crippen molar-refractivity contribution in [2.75, 3.05) is 29.9 Å². The molecule has 0 spiro atoms. The summed E-state index contributed by atoms with van der Waals surface area (Å²) >= 11 is 0. The van der Waals surface area contributed by atoms with Gasteiger partial charge in [-0.15, -0.1) is 5.10 Å². The van der Waals surface area contributed by atoms with Gasteiger partial charge in [0.1, 0.15) is 34.7 Å². The van der Waals surface area contributed by atoms with E-state index in [4.69, 9.17) is 19.6 Å². The van der Waals surface area contributed by atoms with Gasteiger partial charge in [-0.05, 0) is 68.0 Å². The number of aromatic nitrogens is 6. The Hall–Kier alpha value is -5.80. The fraction of sp³-hybridized carbons (Fsp3) is 0.258. The van der Waals surface area contributed by atoms with Crippen molar-refractivity contribution in [3.8, 4) is 11.5 Å². The molecule has 13 nitrogen and oxygen atoms in total. The van der Waals surface area contributed by atoms with Gasteiger partial charge in [-0.25, -0.2) is 24.4 Å². The lowest BCUT2D eigenvalue weighted by Crippen LogP contribution is -2.53. The first-order valence-electron chi connectivity index (χ1n) is 14.3. The SMILES string of the molecule is C=CC(=O)N1CCN(c2ccc3ncnc(Nc4ccc(Oc5ccc6c(c5)nnn6C)c(C)c4)c3n2)[C@@H](C)C1.O=C(O)C(F)(F)F. The Morgan fingerprint density at radius 1 is 1.09 bits per heavy atom. The van der Waals surface area contributed by atoms with Gasteiger partial charge in [0.25, 0.3) is 0 Å². The minimum Gasteiger partial charge on any atom is -0.475 e. The third kappa shape index (κ3) is 7.37. The molecule has 2 aromatic carbocycles. The fourth-order valence-corrected chi connectivity index (χ4v) is 5.00. The summed E-state index contributed by atoms with van der Waals surface area (Å²) in [6.45, 7) is 9.60. The van der Waals surface area contributed by atoms with Gasteiger partial charge in [-0.2, -0.15) is 13.2 Å². The van der Waals surface area contributed by atoms with E-state index in [9.17, 15) is 18.0 Å². The first kappa shape index (κ1) is 32.6. The number of nitrogens with zero attached hydrogens (tertiary/aromatic N) is 8. The molecule has 16 heteroatoms. The van der Waals surface area contributed by atoms with Crippen molar-refractivity contribution >= 4 is 51.3 Å². The van der Waals surface area contributed by atoms with Crippen molar-refractivity contribution in [2.45, 2.75) is 26.1 Å². The van der Waals surface area contributed by atoms with Crippen molar-refractivity contribution in [3.05, 3.63) is 73.1 Å². The molecular weight excluding hydrogens is 619 g/mol. The lowest BCUT2D eigenvalue weighted by molar-refractivity contribution is -0.192. The largest absolute Gasteiger partial charge is 0.490 e. The molecule has 4 heterocycles. The average molecular weight is 650 g/mol. The van der Waals surface area contributed by atoms with Crippen LogP contribution in [0.1, 0.15) is 12.5 Å². The molecule has 1 aliphatic rings. The standard InChI is InChI=1S/C29H29N9O2.C2HF3O2/c1-5-27(39)37-12-13-38(19(3)16-37)26-11-8-22-28(33-26)29(31-17-30-22)32-20-6-10-25(18(2)14-20)40-21-7-9-24-23(15-21)34-35-36(24)4;3-2(4,5)1(6)7/h5-11,14-15,17,19H,1,12-13,16H2,2-4H3,(H,30,31,32);(H,6,7)/t19-;/m0./s1. The number of ether oxygens (including phenoxy) is 1. The number of hydrogen-bond acceptors (Lipinski definition) is 10. The fourth-order valence-electron chi connectivity index (χ4n) is 5.00. The molecule has 1 aliphatic heterocycles. The number of anilines is 3. The molecule has 47 heavy (non-hydrogen) atoms. The summed E-state index contributed by atoms with van der Waals surface area (Å²) in [4.78, 5) is 38.8. The second-order valence-electron chi connectivity index (χ2n) is 10.7. The molecule has 0 saturated carbocycles. The van der Waals surface area contributed by atoms with Crippen LogP contribution < -0.4 is 15.0 Å². The number of carbonyl (C=O) groups is 2. The Balaban J connectivity index is 0.000000559. The molecule has 1 amide bonds. The van der Waals surface area contributed by atoms with E-state index in [1.165, 1.54) is 12.4 Å². The quantitative estimate of drug-likeness (QED) is 0.239. The zero-order valence-corrected chi connectivity index (χ0v) is 25.6. The number of hydrogen-bond donors (Lipinski definition) is 2. The van der Waals surface area contributed by atoms with Crippen LogP contribution in [0, 0.1) is 6.92 Å². The maximum absolute atomic E-state index is 12.1. The summed E-state index contributed by atoms with van der Waals surface area (Å²) in [5, 5.41) is 18.7. The van der Waals surface area contributed by atoms with Crippen LogP contribution in [0.2, 0.25) is 0 Å². The lowest BCUT2D eigenvalue weighted by Gasteiger charge is -2.40. The zero-order valence-electron chi connectivity index (χ0n) is 25.6. The van der Waals surface area contributed by atoms with Crippen molar-refractivity contribution < 1.29 is 32.6 Å². The van der Waals surface area contributed by atoms with Gasteiger partial charge in [0.15, 0.2) is 5.82 Å². The van der Waals surface area contributed by atoms with Gasteiger partial charge in [-0.3, -0.25) is 4.79 Å². The topological polar surface area (TPSA) is 151 Å². The second-order valence-corrected chi connectivity index (χ2v) is 10.7. The molecule has 1 atom stereocenters. The van der Waals surface area contributed by atoms with Crippen LogP contribution in [0.3, 0.4) is 0 Å². The van der Waals surface area contributed by atoms with E-state index < -0.39 is 12.1 Å². The molecule has 1 fully saturated rings. The monoisotopic (exact) mass is 649 g/mol. The summed E-state index contributed by atoms with van der Waals surface area (Å²) in [6.07, 6.45) is -2.19. The van der Waals surface area contributed by atoms with Gasteiger partial charge in [-0.1, -0.05) is 11.8 Å². The van der Waals surface area contributed by atoms with E-state index in [2.05, 4.69) is 44.0 Å². The van der Waals surface area contributed by atoms with Gasteiger partial charge < -0.3 is 25.0 Å². The van der Waals surface area contributed by atoms with E-state index in [0.717, 1.165) is 39.4 Å². The first-order valence-corrected chi connectivity index (χ1v) is 14.3. The lowest BCUT2D eigenvalue weighted by atomic mass is 10.1. The van der Waals surface area contributed by atoms with Crippen LogP contribution >= 0.6 is 0 Å². The summed E-state index contributed by atoms with van der Waals surface area (Å²) in [6, 6.07) is 15.6. The van der Waals surface area contributed by atoms with Crippen LogP contribution in [-0.2, 0) is 16.6 Å². The number of nitrogens with one attached hydrogen (secondary N) is 1. The molecule has 0 unspecified atom stereocenters. The number of pyridine rings is 1. The Morgan fingerprint density at radius 2 is 1.85 bits per heavy atom. The molecule has 0 aliphatic carbocycles. The first-order chi connectivity index (χ1) is 22.3. The maximum Gasteiger partial charge on any atom is 0.490 e. The number of aliphatic carboxylic acids is 1. The van der Waals surface area contributed by atoms with E-state index in [-0.39, 0.29) is 11.9 Å². The highest BCUT2D eigenvalue weighted by Gasteiger charge is 2.38. The summed E-state index contributed by atoms with van der Waals surface area (Å²) < 4.78 is 39.6. The van der Waals surface area contributed by atoms with Crippen molar-refractivity contribution in [2.24, 2.45) is 7.05 Å². The van der Waals surface area contributed by atoms with Crippen LogP contribution in [0.25, 0.3) is 22.1 Å². The van der Waals surface area contributed by atoms with E-state index in [0.29, 0.717) is 36.7 Å². The smallest absolute Gasteiger partial charge is 0.475 e. The normalized spacial score (nSPS) is 14.8. The minimum absolute atomic E-state index is 0.0452. The number of piperazine rings is 1. The highest BCUT2D eigenvalue weighted by Crippen LogP contribution is 2.31. The maximum atomic E-state index is 12.1. The molecule has 6 rings (SSSR count). The summed E-state index contributed by atoms with van der Waals surface area (Å²) in [5.74, 6) is 0.0670. The molecule has 2 N–H and O–H groups in total. The van der Waals surface area contributed by atoms with E-state index in [1.54, 1.807) is 4.68 Å². The Morgan fingerprint density at radius 3 is 2.53 bits per heavy atom. The molecular formula is C31H30F3N9O4. The van der Waals surface area contributed by atoms with Gasteiger partial charge in [0, 0.05) is 44.5 Å². The zero-order chi connectivity index (χ0) is 33.9. The Labute approximate surface area is 266 Å². The number of amides is 1. The summed E-state index contributed by atoms with van der Waals surface area (Å²) in [7, 11) is 1.86. The van der Waals surface area contributed by atoms with Crippen molar-refractivity contribution in [1.82, 2.24) is 34.8 Å². The minimum atomic E-state index is -5.08. The van der Waals surface area contributed by atoms with Gasteiger partial charge >= 0.3 is 12.1 Å². The molecule has 3 aromatic heterocycles. The Kier molecular flexibility index (Phi) is 9.21. The molecule has 0 bridgehead atoms. The molecule has 1 saturated heterocycles. The second kappa shape index (κ2) is 13.3. The number of carbonyl (C=O) groups excluding carboxylic acids is 1.